The van der Waals surface area contributed by atoms with Crippen LogP contribution in [0.4, 0.5) is 5.69 Å². The third kappa shape index (κ3) is 4.51. The third-order valence-corrected chi connectivity index (χ3v) is 8.28. The van der Waals surface area contributed by atoms with E-state index in [4.69, 9.17) is 18.6 Å². The summed E-state index contributed by atoms with van der Waals surface area (Å²) in [4.78, 5) is 28.6. The fourth-order valence-electron chi connectivity index (χ4n) is 6.04. The summed E-state index contributed by atoms with van der Waals surface area (Å²) in [5, 5.41) is 12.7. The molecule has 6 rings (SSSR count). The maximum Gasteiger partial charge on any atom is 0.342 e. The fraction of sp³-hybridized carbons (Fsp3) is 0.375. The summed E-state index contributed by atoms with van der Waals surface area (Å²) < 4.78 is 22.6. The second kappa shape index (κ2) is 10.6. The van der Waals surface area contributed by atoms with E-state index in [1.807, 2.05) is 42.5 Å². The van der Waals surface area contributed by atoms with Crippen molar-refractivity contribution in [3.8, 4) is 5.75 Å². The molecule has 1 aromatic heterocycles. The van der Waals surface area contributed by atoms with Crippen molar-refractivity contribution >= 4 is 39.5 Å². The van der Waals surface area contributed by atoms with Crippen molar-refractivity contribution in [3.05, 3.63) is 71.3 Å². The number of nitrogens with zero attached hydrogens (tertiary/aromatic N) is 1. The summed E-state index contributed by atoms with van der Waals surface area (Å²) in [6.07, 6.45) is 1.83. The molecule has 0 bridgehead atoms. The van der Waals surface area contributed by atoms with Crippen molar-refractivity contribution in [2.75, 3.05) is 25.7 Å². The highest BCUT2D eigenvalue weighted by Gasteiger charge is 2.40. The minimum atomic E-state index is -0.920. The van der Waals surface area contributed by atoms with Gasteiger partial charge in [0.15, 0.2) is 0 Å². The van der Waals surface area contributed by atoms with E-state index in [2.05, 4.69) is 6.92 Å². The normalized spacial score (nSPS) is 21.8. The van der Waals surface area contributed by atoms with Crippen LogP contribution in [-0.4, -0.2) is 44.0 Å². The van der Waals surface area contributed by atoms with Crippen molar-refractivity contribution in [1.82, 2.24) is 0 Å². The first-order chi connectivity index (χ1) is 19.4. The second-order valence-electron chi connectivity index (χ2n) is 10.8. The maximum atomic E-state index is 13.9. The molecule has 40 heavy (non-hydrogen) atoms. The maximum absolute atomic E-state index is 13.9. The highest BCUT2D eigenvalue weighted by molar-refractivity contribution is 6.13. The average Bonchev–Trinajstić information content (AvgIpc) is 3.33. The number of hydrogen-bond donors (Lipinski definition) is 1. The van der Waals surface area contributed by atoms with Crippen molar-refractivity contribution in [2.45, 2.75) is 44.9 Å². The van der Waals surface area contributed by atoms with E-state index < -0.39 is 18.3 Å². The predicted molar refractivity (Wildman–Crippen MR) is 150 cm³/mol. The van der Waals surface area contributed by atoms with Gasteiger partial charge in [0.2, 0.25) is 12.1 Å². The van der Waals surface area contributed by atoms with E-state index in [9.17, 15) is 14.7 Å². The standard InChI is InChI=1S/C32H33NO7/c1-18-8-10-19(11-9-18)31(35)33-25-15-23-22-14-20(30(34)21-6-4-5-7-26(21)38-3)12-13-27(22)39-28(23)16-24(25)32(36)40-29(33)17-37-2/h4-7,12-16,18-19,29-30,34H,8-11,17H2,1-3H3/t18?,19?,29-,30?/m0/s1. The second-order valence-corrected chi connectivity index (χ2v) is 10.8. The van der Waals surface area contributed by atoms with Crippen LogP contribution in [0, 0.1) is 11.8 Å². The van der Waals surface area contributed by atoms with Gasteiger partial charge in [0.05, 0.1) is 18.4 Å². The molecule has 2 atom stereocenters. The number of benzene rings is 3. The zero-order valence-corrected chi connectivity index (χ0v) is 22.9. The number of carbonyl (C=O) groups excluding carboxylic acids is 2. The first-order valence-corrected chi connectivity index (χ1v) is 13.7. The number of rotatable bonds is 6. The molecule has 1 saturated carbocycles. The van der Waals surface area contributed by atoms with E-state index in [-0.39, 0.29) is 24.0 Å². The number of methoxy groups -OCH3 is 2. The van der Waals surface area contributed by atoms with Crippen molar-refractivity contribution in [3.63, 3.8) is 0 Å². The Labute approximate surface area is 232 Å². The molecule has 4 aromatic rings. The SMILES string of the molecule is COC[C@@H]1OC(=O)c2cc3oc4ccc(C(O)c5ccccc5OC)cc4c3cc2N1C(=O)C1CCC(C)CC1. The Kier molecular flexibility index (Phi) is 6.98. The van der Waals surface area contributed by atoms with E-state index in [0.717, 1.165) is 36.5 Å². The molecule has 1 unspecified atom stereocenters. The number of para-hydroxylation sites is 1. The number of aliphatic hydroxyl groups is 1. The predicted octanol–water partition coefficient (Wildman–Crippen LogP) is 5.98. The van der Waals surface area contributed by atoms with Gasteiger partial charge in [-0.05, 0) is 67.5 Å². The molecule has 208 valence electrons. The van der Waals surface area contributed by atoms with Crippen LogP contribution in [-0.2, 0) is 14.3 Å². The summed E-state index contributed by atoms with van der Waals surface area (Å²) >= 11 is 0. The molecule has 1 fully saturated rings. The lowest BCUT2D eigenvalue weighted by molar-refractivity contribution is -0.126. The molecular formula is C32H33NO7. The van der Waals surface area contributed by atoms with Gasteiger partial charge in [-0.15, -0.1) is 0 Å². The summed E-state index contributed by atoms with van der Waals surface area (Å²) in [5.74, 6) is 0.479. The van der Waals surface area contributed by atoms with Crippen molar-refractivity contribution in [1.29, 1.82) is 0 Å². The fourth-order valence-corrected chi connectivity index (χ4v) is 6.04. The number of amides is 1. The summed E-state index contributed by atoms with van der Waals surface area (Å²) in [7, 11) is 3.10. The molecule has 1 amide bonds. The number of furan rings is 1. The molecule has 0 radical (unpaired) electrons. The van der Waals surface area contributed by atoms with Gasteiger partial charge in [-0.1, -0.05) is 31.2 Å². The first kappa shape index (κ1) is 26.3. The minimum Gasteiger partial charge on any atom is -0.496 e. The molecule has 1 aliphatic carbocycles. The van der Waals surface area contributed by atoms with Gasteiger partial charge in [-0.3, -0.25) is 9.69 Å². The number of hydrogen-bond acceptors (Lipinski definition) is 7. The summed E-state index contributed by atoms with van der Waals surface area (Å²) in [6.45, 7) is 2.28. The lowest BCUT2D eigenvalue weighted by atomic mass is 9.82. The number of cyclic esters (lactones) is 1. The van der Waals surface area contributed by atoms with Gasteiger partial charge in [-0.2, -0.15) is 0 Å². The Morgan fingerprint density at radius 3 is 2.52 bits per heavy atom. The van der Waals surface area contributed by atoms with Gasteiger partial charge in [0.25, 0.3) is 0 Å². The quantitative estimate of drug-likeness (QED) is 0.299. The van der Waals surface area contributed by atoms with Crippen LogP contribution in [0.3, 0.4) is 0 Å². The monoisotopic (exact) mass is 543 g/mol. The Balaban J connectivity index is 1.46. The lowest BCUT2D eigenvalue weighted by Crippen LogP contribution is -2.51. The van der Waals surface area contributed by atoms with Gasteiger partial charge >= 0.3 is 5.97 Å². The molecule has 1 aliphatic heterocycles. The van der Waals surface area contributed by atoms with Crippen LogP contribution >= 0.6 is 0 Å². The smallest absolute Gasteiger partial charge is 0.342 e. The molecule has 0 saturated heterocycles. The van der Waals surface area contributed by atoms with Crippen LogP contribution in [0.15, 0.2) is 59.0 Å². The Morgan fingerprint density at radius 1 is 1.02 bits per heavy atom. The zero-order valence-electron chi connectivity index (χ0n) is 22.9. The van der Waals surface area contributed by atoms with E-state index in [0.29, 0.717) is 39.6 Å². The molecule has 8 nitrogen and oxygen atoms in total. The Bertz CT molecular complexity index is 1580. The molecule has 8 heteroatoms. The Hall–Kier alpha value is -3.88. The van der Waals surface area contributed by atoms with Crippen LogP contribution in [0.1, 0.15) is 60.2 Å². The third-order valence-electron chi connectivity index (χ3n) is 8.28. The van der Waals surface area contributed by atoms with Gasteiger partial charge in [-0.25, -0.2) is 4.79 Å². The van der Waals surface area contributed by atoms with Gasteiger partial charge in [0, 0.05) is 29.4 Å². The highest BCUT2D eigenvalue weighted by Crippen LogP contribution is 2.41. The van der Waals surface area contributed by atoms with Crippen molar-refractivity contribution < 1.29 is 33.3 Å². The van der Waals surface area contributed by atoms with Gasteiger partial charge < -0.3 is 23.7 Å². The first-order valence-electron chi connectivity index (χ1n) is 13.7. The van der Waals surface area contributed by atoms with Gasteiger partial charge in [0.1, 0.15) is 29.6 Å². The highest BCUT2D eigenvalue weighted by atomic mass is 16.6. The van der Waals surface area contributed by atoms with E-state index >= 15 is 0 Å². The topological polar surface area (TPSA) is 98.4 Å². The molecule has 3 aromatic carbocycles. The number of esters is 1. The summed E-state index contributed by atoms with van der Waals surface area (Å²) in [5.41, 5.74) is 3.20. The molecule has 2 aliphatic rings. The lowest BCUT2D eigenvalue weighted by Gasteiger charge is -2.38. The molecule has 2 heterocycles. The average molecular weight is 544 g/mol. The molecular weight excluding hydrogens is 510 g/mol. The number of ether oxygens (including phenoxy) is 3. The van der Waals surface area contributed by atoms with Crippen LogP contribution < -0.4 is 9.64 Å². The zero-order chi connectivity index (χ0) is 28.0. The number of anilines is 1. The van der Waals surface area contributed by atoms with E-state index in [1.165, 1.54) is 7.11 Å². The van der Waals surface area contributed by atoms with Crippen LogP contribution in [0.5, 0.6) is 5.75 Å². The van der Waals surface area contributed by atoms with Crippen LogP contribution in [0.25, 0.3) is 21.9 Å². The van der Waals surface area contributed by atoms with E-state index in [1.54, 1.807) is 24.1 Å². The van der Waals surface area contributed by atoms with Crippen LogP contribution in [0.2, 0.25) is 0 Å². The Morgan fingerprint density at radius 2 is 1.77 bits per heavy atom. The largest absolute Gasteiger partial charge is 0.496 e. The number of aliphatic hydroxyl groups excluding tert-OH is 1. The summed E-state index contributed by atoms with van der Waals surface area (Å²) in [6, 6.07) is 16.3. The number of carbonyl (C=O) groups is 2. The number of fused-ring (bicyclic) bond motifs is 4. The molecule has 0 spiro atoms. The molecule has 1 N–H and O–H groups in total. The minimum absolute atomic E-state index is 0.0536. The van der Waals surface area contributed by atoms with Crippen molar-refractivity contribution in [2.24, 2.45) is 11.8 Å².